The average Bonchev–Trinajstić information content (AvgIpc) is 2.74. The molecule has 12 nitrogen and oxygen atoms in total. The van der Waals surface area contributed by atoms with Crippen LogP contribution in [0.15, 0.2) is 18.3 Å². The van der Waals surface area contributed by atoms with Crippen molar-refractivity contribution in [3.8, 4) is 5.75 Å². The number of phosphoric acid groups is 1. The van der Waals surface area contributed by atoms with E-state index in [4.69, 9.17) is 23.0 Å². The van der Waals surface area contributed by atoms with Gasteiger partial charge in [-0.25, -0.2) is 24.5 Å². The second kappa shape index (κ2) is 14.9. The van der Waals surface area contributed by atoms with Crippen molar-refractivity contribution in [2.75, 3.05) is 19.8 Å². The number of phosphoric ester groups is 1. The molecule has 1 heterocycles. The molecule has 234 valence electrons. The zero-order valence-electron chi connectivity index (χ0n) is 26.3. The Morgan fingerprint density at radius 2 is 1.41 bits per heavy atom. The number of nitrogens with zero attached hydrogens (tertiary/aromatic N) is 1. The van der Waals surface area contributed by atoms with Gasteiger partial charge in [0.2, 0.25) is 0 Å². The Morgan fingerprint density at radius 3 is 1.85 bits per heavy atom. The van der Waals surface area contributed by atoms with Gasteiger partial charge < -0.3 is 14.8 Å². The van der Waals surface area contributed by atoms with Crippen molar-refractivity contribution in [2.24, 2.45) is 0 Å². The van der Waals surface area contributed by atoms with Gasteiger partial charge in [-0.15, -0.1) is 0 Å². The number of amides is 3. The summed E-state index contributed by atoms with van der Waals surface area (Å²) in [7, 11) is -6.78. The van der Waals surface area contributed by atoms with E-state index >= 15 is 0 Å². The van der Waals surface area contributed by atoms with Crippen LogP contribution in [0.2, 0.25) is 51.4 Å². The van der Waals surface area contributed by atoms with Crippen LogP contribution in [0.4, 0.5) is 9.59 Å². The van der Waals surface area contributed by atoms with Crippen molar-refractivity contribution in [2.45, 2.75) is 97.2 Å². The van der Waals surface area contributed by atoms with Gasteiger partial charge in [-0.05, 0) is 58.8 Å². The molecule has 0 radical (unpaired) electrons. The van der Waals surface area contributed by atoms with Crippen LogP contribution in [0, 0.1) is 0 Å². The quantitative estimate of drug-likeness (QED) is 0.173. The van der Waals surface area contributed by atoms with Crippen LogP contribution in [0.1, 0.15) is 45.1 Å². The Morgan fingerprint density at radius 1 is 0.878 bits per heavy atom. The molecule has 0 fully saturated rings. The topological polar surface area (TPSA) is 151 Å². The predicted octanol–water partition coefficient (Wildman–Crippen LogP) is 6.45. The Labute approximate surface area is 246 Å². The van der Waals surface area contributed by atoms with Crippen molar-refractivity contribution in [3.05, 3.63) is 24.0 Å². The molecule has 0 atom stereocenters. The van der Waals surface area contributed by atoms with Gasteiger partial charge in [-0.3, -0.25) is 18.4 Å². The van der Waals surface area contributed by atoms with Crippen LogP contribution < -0.4 is 15.4 Å². The van der Waals surface area contributed by atoms with Crippen molar-refractivity contribution in [1.29, 1.82) is 0 Å². The molecule has 0 aromatic carbocycles. The summed E-state index contributed by atoms with van der Waals surface area (Å²) in [6, 6.07) is 4.29. The van der Waals surface area contributed by atoms with E-state index in [2.05, 4.69) is 49.6 Å². The van der Waals surface area contributed by atoms with Gasteiger partial charge in [0.25, 0.3) is 5.91 Å². The number of aromatic nitrogens is 1. The van der Waals surface area contributed by atoms with Gasteiger partial charge in [-0.2, -0.15) is 0 Å². The van der Waals surface area contributed by atoms with Crippen LogP contribution in [0.5, 0.6) is 5.75 Å². The summed E-state index contributed by atoms with van der Waals surface area (Å²) in [6.45, 7) is 22.0. The van der Waals surface area contributed by atoms with Crippen LogP contribution >= 0.6 is 7.82 Å². The number of hydrogen-bond donors (Lipinski definition) is 2. The lowest BCUT2D eigenvalue weighted by atomic mass is 10.1. The predicted molar refractivity (Wildman–Crippen MR) is 163 cm³/mol. The lowest BCUT2D eigenvalue weighted by Crippen LogP contribution is -2.40. The minimum atomic E-state index is -3.90. The number of nitrogens with one attached hydrogen (secondary N) is 2. The third-order valence-electron chi connectivity index (χ3n) is 5.02. The van der Waals surface area contributed by atoms with Gasteiger partial charge in [-0.1, -0.05) is 39.3 Å². The monoisotopic (exact) mass is 633 g/mol. The number of ether oxygens (including phenoxy) is 2. The fourth-order valence-electron chi connectivity index (χ4n) is 2.83. The molecule has 0 saturated carbocycles. The molecule has 15 heteroatoms. The summed E-state index contributed by atoms with van der Waals surface area (Å²) in [6.07, 6.45) is -0.845. The van der Waals surface area contributed by atoms with Crippen molar-refractivity contribution < 1.29 is 42.0 Å². The molecule has 0 aliphatic carbocycles. The van der Waals surface area contributed by atoms with E-state index < -0.39 is 53.3 Å². The van der Waals surface area contributed by atoms with Gasteiger partial charge >= 0.3 is 20.0 Å². The molecule has 1 aromatic heterocycles. The fraction of sp³-hybridized carbons (Fsp3) is 0.692. The summed E-state index contributed by atoms with van der Waals surface area (Å²) in [5, 5.41) is 4.64. The summed E-state index contributed by atoms with van der Waals surface area (Å²) >= 11 is 0. The van der Waals surface area contributed by atoms with Gasteiger partial charge in [0.05, 0.1) is 25.0 Å². The van der Waals surface area contributed by atoms with Crippen LogP contribution in [0.3, 0.4) is 0 Å². The molecule has 0 saturated heterocycles. The first kappa shape index (κ1) is 36.9. The standard InChI is InChI=1S/C26H48N3O9PSi2/c1-25(2,3)37-24(32)29-23(31)36-20-12-13-21(27-18-20)22(30)28-19-26(4,5)38-39(33,34-14-16-40(6,7)8)35-15-17-41(9,10)11/h12-13,18H,14-17,19H2,1-11H3,(H,28,30)(H,29,31,32). The van der Waals surface area contributed by atoms with E-state index in [1.165, 1.54) is 12.1 Å². The maximum Gasteiger partial charge on any atom is 0.475 e. The number of hydrogen-bond acceptors (Lipinski definition) is 10. The zero-order valence-corrected chi connectivity index (χ0v) is 29.2. The highest BCUT2D eigenvalue weighted by molar-refractivity contribution is 7.48. The summed E-state index contributed by atoms with van der Waals surface area (Å²) < 4.78 is 40.8. The summed E-state index contributed by atoms with van der Waals surface area (Å²) in [5.74, 6) is -0.515. The molecule has 1 aromatic rings. The Kier molecular flexibility index (Phi) is 13.4. The van der Waals surface area contributed by atoms with Crippen molar-refractivity contribution in [3.63, 3.8) is 0 Å². The second-order valence-corrected chi connectivity index (χ2v) is 26.5. The number of imide groups is 1. The largest absolute Gasteiger partial charge is 0.475 e. The molecular formula is C26H48N3O9PSi2. The maximum atomic E-state index is 13.5. The van der Waals surface area contributed by atoms with E-state index in [-0.39, 0.29) is 31.2 Å². The van der Waals surface area contributed by atoms with E-state index in [9.17, 15) is 18.9 Å². The van der Waals surface area contributed by atoms with Crippen LogP contribution in [0.25, 0.3) is 0 Å². The van der Waals surface area contributed by atoms with E-state index in [0.29, 0.717) is 0 Å². The van der Waals surface area contributed by atoms with Crippen LogP contribution in [-0.4, -0.2) is 70.2 Å². The third-order valence-corrected chi connectivity index (χ3v) is 10.1. The number of pyridine rings is 1. The molecule has 1 rings (SSSR count). The van der Waals surface area contributed by atoms with Gasteiger partial charge in [0, 0.05) is 22.7 Å². The fourth-order valence-corrected chi connectivity index (χ4v) is 6.08. The molecule has 0 bridgehead atoms. The molecule has 2 N–H and O–H groups in total. The number of rotatable bonds is 14. The van der Waals surface area contributed by atoms with Crippen molar-refractivity contribution >= 4 is 42.1 Å². The Hall–Kier alpha value is -2.10. The Balaban J connectivity index is 2.75. The maximum absolute atomic E-state index is 13.5. The van der Waals surface area contributed by atoms with Crippen molar-refractivity contribution in [1.82, 2.24) is 15.6 Å². The summed E-state index contributed by atoms with van der Waals surface area (Å²) in [4.78, 5) is 40.3. The second-order valence-electron chi connectivity index (χ2n) is 13.7. The zero-order chi connectivity index (χ0) is 31.7. The van der Waals surface area contributed by atoms with Crippen LogP contribution in [-0.2, 0) is 22.9 Å². The first-order valence-corrected chi connectivity index (χ1v) is 22.4. The SMILES string of the molecule is CC(C)(C)OC(=O)NC(=O)Oc1ccc(C(=O)NCC(C)(C)OP(=O)(OCC[Si](C)(C)C)OCC[Si](C)(C)C)nc1. The van der Waals surface area contributed by atoms with Gasteiger partial charge in [0.15, 0.2) is 5.75 Å². The molecule has 0 aliphatic heterocycles. The minimum absolute atomic E-state index is 0.0111. The van der Waals surface area contributed by atoms with E-state index in [1.54, 1.807) is 34.6 Å². The van der Waals surface area contributed by atoms with E-state index in [1.807, 2.05) is 5.32 Å². The highest BCUT2D eigenvalue weighted by Gasteiger charge is 2.36. The molecule has 0 spiro atoms. The highest BCUT2D eigenvalue weighted by Crippen LogP contribution is 2.53. The number of carbonyl (C=O) groups excluding carboxylic acids is 3. The molecule has 0 unspecified atom stereocenters. The average molecular weight is 634 g/mol. The molecule has 41 heavy (non-hydrogen) atoms. The lowest BCUT2D eigenvalue weighted by Gasteiger charge is -2.30. The molecular weight excluding hydrogens is 585 g/mol. The summed E-state index contributed by atoms with van der Waals surface area (Å²) in [5.41, 5.74) is -1.83. The Bertz CT molecular complexity index is 1060. The smallest absolute Gasteiger partial charge is 0.443 e. The lowest BCUT2D eigenvalue weighted by molar-refractivity contribution is 0.0341. The van der Waals surface area contributed by atoms with E-state index in [0.717, 1.165) is 18.3 Å². The minimum Gasteiger partial charge on any atom is -0.443 e. The third kappa shape index (κ3) is 17.5. The van der Waals surface area contributed by atoms with Gasteiger partial charge in [0.1, 0.15) is 11.3 Å². The normalized spacial score (nSPS) is 13.0. The highest BCUT2D eigenvalue weighted by atomic mass is 31.2. The number of alkyl carbamates (subject to hydrolysis) is 1. The number of carbonyl (C=O) groups is 3. The first-order valence-electron chi connectivity index (χ1n) is 13.5. The first-order chi connectivity index (χ1) is 18.5. The molecule has 0 aliphatic rings. The molecule has 3 amide bonds.